The van der Waals surface area contributed by atoms with E-state index in [1.807, 2.05) is 31.3 Å². The van der Waals surface area contributed by atoms with Crippen LogP contribution in [-0.2, 0) is 6.42 Å². The fourth-order valence-corrected chi connectivity index (χ4v) is 2.00. The summed E-state index contributed by atoms with van der Waals surface area (Å²) in [5.41, 5.74) is 2.35. The third-order valence-electron chi connectivity index (χ3n) is 2.83. The highest BCUT2D eigenvalue weighted by atomic mass is 16.5. The van der Waals surface area contributed by atoms with E-state index < -0.39 is 0 Å². The summed E-state index contributed by atoms with van der Waals surface area (Å²) in [5, 5.41) is 3.44. The van der Waals surface area contributed by atoms with Crippen LogP contribution in [0, 0.1) is 0 Å². The minimum Gasteiger partial charge on any atom is -0.478 e. The van der Waals surface area contributed by atoms with E-state index in [1.165, 1.54) is 5.56 Å². The Morgan fingerprint density at radius 2 is 1.95 bits per heavy atom. The number of hydrogen-bond donors (Lipinski definition) is 1. The highest BCUT2D eigenvalue weighted by Crippen LogP contribution is 2.14. The van der Waals surface area contributed by atoms with Gasteiger partial charge in [-0.25, -0.2) is 4.98 Å². The maximum atomic E-state index is 5.32. The molecular weight excluding hydrogens is 236 g/mol. The zero-order valence-corrected chi connectivity index (χ0v) is 11.5. The number of nitrogens with one attached hydrogen (secondary N) is 1. The Hall–Kier alpha value is -2.03. The first-order valence-corrected chi connectivity index (χ1v) is 6.67. The van der Waals surface area contributed by atoms with Crippen molar-refractivity contribution in [3.05, 3.63) is 54.2 Å². The number of aromatic nitrogens is 1. The summed E-state index contributed by atoms with van der Waals surface area (Å²) in [7, 11) is 0. The van der Waals surface area contributed by atoms with Gasteiger partial charge in [0.25, 0.3) is 0 Å². The molecule has 19 heavy (non-hydrogen) atoms. The van der Waals surface area contributed by atoms with Gasteiger partial charge in [-0.15, -0.1) is 0 Å². The summed E-state index contributed by atoms with van der Waals surface area (Å²) in [4.78, 5) is 4.24. The van der Waals surface area contributed by atoms with E-state index in [1.54, 1.807) is 0 Å². The smallest absolute Gasteiger partial charge is 0.213 e. The summed E-state index contributed by atoms with van der Waals surface area (Å²) in [5.74, 6) is 0.670. The first-order valence-electron chi connectivity index (χ1n) is 6.67. The Morgan fingerprint density at radius 1 is 1.16 bits per heavy atom. The minimum atomic E-state index is 0.363. The summed E-state index contributed by atoms with van der Waals surface area (Å²) in [6.07, 6.45) is 2.81. The van der Waals surface area contributed by atoms with Gasteiger partial charge in [0.1, 0.15) is 0 Å². The number of nitrogens with zero attached hydrogens (tertiary/aromatic N) is 1. The molecule has 3 heteroatoms. The lowest BCUT2D eigenvalue weighted by Gasteiger charge is -2.15. The van der Waals surface area contributed by atoms with E-state index in [-0.39, 0.29) is 0 Å². The van der Waals surface area contributed by atoms with Crippen LogP contribution in [0.5, 0.6) is 5.88 Å². The standard InChI is InChI=1S/C16H20N2O/c1-3-19-16-10-9-15(12-17-16)18-13(2)11-14-7-5-4-6-8-14/h4-10,12-13,18H,3,11H2,1-2H3. The van der Waals surface area contributed by atoms with Gasteiger partial charge < -0.3 is 10.1 Å². The molecule has 0 aliphatic rings. The molecule has 0 fully saturated rings. The quantitative estimate of drug-likeness (QED) is 0.858. The van der Waals surface area contributed by atoms with E-state index in [9.17, 15) is 0 Å². The van der Waals surface area contributed by atoms with Crippen molar-refractivity contribution in [2.24, 2.45) is 0 Å². The molecule has 3 nitrogen and oxygen atoms in total. The molecule has 1 aromatic carbocycles. The molecule has 2 rings (SSSR count). The molecule has 1 N–H and O–H groups in total. The number of benzene rings is 1. The van der Waals surface area contributed by atoms with E-state index in [2.05, 4.69) is 41.5 Å². The second-order valence-electron chi connectivity index (χ2n) is 4.55. The fourth-order valence-electron chi connectivity index (χ4n) is 2.00. The molecule has 100 valence electrons. The predicted molar refractivity (Wildman–Crippen MR) is 78.6 cm³/mol. The first kappa shape index (κ1) is 13.4. The maximum Gasteiger partial charge on any atom is 0.213 e. The third-order valence-corrected chi connectivity index (χ3v) is 2.83. The van der Waals surface area contributed by atoms with Gasteiger partial charge in [-0.3, -0.25) is 0 Å². The molecule has 0 saturated carbocycles. The molecule has 0 saturated heterocycles. The van der Waals surface area contributed by atoms with Crippen LogP contribution in [0.2, 0.25) is 0 Å². The van der Waals surface area contributed by atoms with Crippen LogP contribution in [0.3, 0.4) is 0 Å². The van der Waals surface area contributed by atoms with Gasteiger partial charge >= 0.3 is 0 Å². The lowest BCUT2D eigenvalue weighted by atomic mass is 10.1. The average Bonchev–Trinajstić information content (AvgIpc) is 2.42. The van der Waals surface area contributed by atoms with Gasteiger partial charge in [0.05, 0.1) is 18.5 Å². The molecule has 1 aromatic heterocycles. The second-order valence-corrected chi connectivity index (χ2v) is 4.55. The lowest BCUT2D eigenvalue weighted by molar-refractivity contribution is 0.327. The van der Waals surface area contributed by atoms with E-state index >= 15 is 0 Å². The SMILES string of the molecule is CCOc1ccc(NC(C)Cc2ccccc2)cn1. The summed E-state index contributed by atoms with van der Waals surface area (Å²) in [6.45, 7) is 4.77. The highest BCUT2D eigenvalue weighted by molar-refractivity contribution is 5.43. The van der Waals surface area contributed by atoms with Gasteiger partial charge in [-0.05, 0) is 31.9 Å². The van der Waals surface area contributed by atoms with E-state index in [4.69, 9.17) is 4.74 Å². The normalized spacial score (nSPS) is 11.9. The van der Waals surface area contributed by atoms with Gasteiger partial charge in [0.15, 0.2) is 0 Å². The van der Waals surface area contributed by atoms with Crippen molar-refractivity contribution in [3.8, 4) is 5.88 Å². The summed E-state index contributed by atoms with van der Waals surface area (Å²) >= 11 is 0. The van der Waals surface area contributed by atoms with Gasteiger partial charge in [0.2, 0.25) is 5.88 Å². The Labute approximate surface area is 114 Å². The number of rotatable bonds is 6. The largest absolute Gasteiger partial charge is 0.478 e. The van der Waals surface area contributed by atoms with Crippen LogP contribution < -0.4 is 10.1 Å². The van der Waals surface area contributed by atoms with Crippen LogP contribution in [0.4, 0.5) is 5.69 Å². The number of pyridine rings is 1. The number of ether oxygens (including phenoxy) is 1. The molecule has 0 radical (unpaired) electrons. The van der Waals surface area contributed by atoms with Crippen LogP contribution in [0.25, 0.3) is 0 Å². The molecule has 1 unspecified atom stereocenters. The Bertz CT molecular complexity index is 482. The molecule has 0 amide bonds. The average molecular weight is 256 g/mol. The van der Waals surface area contributed by atoms with Crippen molar-refractivity contribution in [1.29, 1.82) is 0 Å². The van der Waals surface area contributed by atoms with Crippen molar-refractivity contribution >= 4 is 5.69 Å². The van der Waals surface area contributed by atoms with Crippen molar-refractivity contribution in [2.45, 2.75) is 26.3 Å². The molecule has 1 atom stereocenters. The Kier molecular flexibility index (Phi) is 4.78. The Morgan fingerprint density at radius 3 is 2.58 bits per heavy atom. The van der Waals surface area contributed by atoms with Crippen LogP contribution in [-0.4, -0.2) is 17.6 Å². The van der Waals surface area contributed by atoms with Crippen molar-refractivity contribution in [3.63, 3.8) is 0 Å². The van der Waals surface area contributed by atoms with Gasteiger partial charge in [0, 0.05) is 12.1 Å². The molecule has 1 heterocycles. The summed E-state index contributed by atoms with van der Waals surface area (Å²) in [6, 6.07) is 14.7. The zero-order chi connectivity index (χ0) is 13.5. The van der Waals surface area contributed by atoms with Gasteiger partial charge in [-0.2, -0.15) is 0 Å². The lowest BCUT2D eigenvalue weighted by Crippen LogP contribution is -2.18. The number of hydrogen-bond acceptors (Lipinski definition) is 3. The molecule has 0 aliphatic carbocycles. The third kappa shape index (κ3) is 4.28. The molecule has 2 aromatic rings. The first-order chi connectivity index (χ1) is 9.28. The van der Waals surface area contributed by atoms with Crippen molar-refractivity contribution in [1.82, 2.24) is 4.98 Å². The highest BCUT2D eigenvalue weighted by Gasteiger charge is 2.04. The predicted octanol–water partition coefficient (Wildman–Crippen LogP) is 3.52. The summed E-state index contributed by atoms with van der Waals surface area (Å²) < 4.78 is 5.32. The molecule has 0 aliphatic heterocycles. The minimum absolute atomic E-state index is 0.363. The second kappa shape index (κ2) is 6.78. The number of anilines is 1. The topological polar surface area (TPSA) is 34.1 Å². The fraction of sp³-hybridized carbons (Fsp3) is 0.312. The Balaban J connectivity index is 1.89. The molecule has 0 bridgehead atoms. The molecular formula is C16H20N2O. The van der Waals surface area contributed by atoms with Crippen molar-refractivity contribution in [2.75, 3.05) is 11.9 Å². The zero-order valence-electron chi connectivity index (χ0n) is 11.5. The van der Waals surface area contributed by atoms with E-state index in [0.717, 1.165) is 12.1 Å². The van der Waals surface area contributed by atoms with Crippen LogP contribution in [0.1, 0.15) is 19.4 Å². The molecule has 0 spiro atoms. The van der Waals surface area contributed by atoms with Crippen LogP contribution >= 0.6 is 0 Å². The monoisotopic (exact) mass is 256 g/mol. The van der Waals surface area contributed by atoms with E-state index in [0.29, 0.717) is 18.5 Å². The van der Waals surface area contributed by atoms with Gasteiger partial charge in [-0.1, -0.05) is 30.3 Å². The maximum absolute atomic E-state index is 5.32. The van der Waals surface area contributed by atoms with Crippen LogP contribution in [0.15, 0.2) is 48.7 Å². The van der Waals surface area contributed by atoms with Crippen molar-refractivity contribution < 1.29 is 4.74 Å².